The Bertz CT molecular complexity index is 734. The summed E-state index contributed by atoms with van der Waals surface area (Å²) in [4.78, 5) is 33.3. The average Bonchev–Trinajstić information content (AvgIpc) is 3.41. The number of likely N-dealkylation sites (N-methyl/N-ethyl adjacent to an activating group) is 1. The van der Waals surface area contributed by atoms with Crippen molar-refractivity contribution < 1.29 is 9.59 Å². The Morgan fingerprint density at radius 2 is 1.90 bits per heavy atom. The molecule has 4 rings (SSSR count). The first kappa shape index (κ1) is 21.5. The standard InChI is InChI=1S/C20H33N7O2S/c1-24-11-13-25(14-12-24)8-4-7-21-18(29)16-5-2-9-26(15-16)19-22-23-20(30-19)27-10-3-6-17(27)28/h16H,2-15H2,1H3,(H,21,29). The van der Waals surface area contributed by atoms with Crippen molar-refractivity contribution >= 4 is 33.4 Å². The van der Waals surface area contributed by atoms with E-state index in [4.69, 9.17) is 0 Å². The Labute approximate surface area is 182 Å². The first-order chi connectivity index (χ1) is 14.6. The van der Waals surface area contributed by atoms with Gasteiger partial charge >= 0.3 is 0 Å². The topological polar surface area (TPSA) is 84.9 Å². The van der Waals surface area contributed by atoms with E-state index in [9.17, 15) is 9.59 Å². The molecule has 3 aliphatic heterocycles. The van der Waals surface area contributed by atoms with Crippen molar-refractivity contribution in [3.8, 4) is 0 Å². The minimum absolute atomic E-state index is 0.0110. The lowest BCUT2D eigenvalue weighted by Crippen LogP contribution is -2.46. The van der Waals surface area contributed by atoms with Crippen LogP contribution in [0.2, 0.25) is 0 Å². The molecular weight excluding hydrogens is 402 g/mol. The first-order valence-electron chi connectivity index (χ1n) is 11.2. The Morgan fingerprint density at radius 1 is 1.10 bits per heavy atom. The van der Waals surface area contributed by atoms with Crippen LogP contribution in [-0.4, -0.2) is 97.8 Å². The number of amides is 2. The van der Waals surface area contributed by atoms with Crippen LogP contribution < -0.4 is 15.1 Å². The molecule has 0 aromatic carbocycles. The lowest BCUT2D eigenvalue weighted by molar-refractivity contribution is -0.125. The number of carbonyl (C=O) groups excluding carboxylic acids is 2. The van der Waals surface area contributed by atoms with Crippen molar-refractivity contribution in [3.63, 3.8) is 0 Å². The van der Waals surface area contributed by atoms with Gasteiger partial charge in [-0.2, -0.15) is 0 Å². The number of piperidine rings is 1. The molecule has 10 heteroatoms. The molecule has 1 N–H and O–H groups in total. The van der Waals surface area contributed by atoms with Gasteiger partial charge in [0.05, 0.1) is 5.92 Å². The number of piperazine rings is 1. The van der Waals surface area contributed by atoms with Gasteiger partial charge < -0.3 is 20.0 Å². The van der Waals surface area contributed by atoms with Gasteiger partial charge in [0, 0.05) is 58.8 Å². The van der Waals surface area contributed by atoms with E-state index in [1.165, 1.54) is 11.3 Å². The number of nitrogens with zero attached hydrogens (tertiary/aromatic N) is 6. The number of carbonyl (C=O) groups is 2. The van der Waals surface area contributed by atoms with Crippen molar-refractivity contribution in [1.82, 2.24) is 25.3 Å². The van der Waals surface area contributed by atoms with Gasteiger partial charge in [-0.25, -0.2) is 0 Å². The third-order valence-corrected chi connectivity index (χ3v) is 7.32. The van der Waals surface area contributed by atoms with E-state index in [2.05, 4.69) is 37.3 Å². The molecule has 0 radical (unpaired) electrons. The quantitative estimate of drug-likeness (QED) is 0.629. The van der Waals surface area contributed by atoms with Crippen LogP contribution in [0.15, 0.2) is 0 Å². The Balaban J connectivity index is 1.21. The molecule has 166 valence electrons. The van der Waals surface area contributed by atoms with Gasteiger partial charge in [0.2, 0.25) is 22.1 Å². The van der Waals surface area contributed by atoms with Crippen molar-refractivity contribution in [2.75, 3.05) is 75.8 Å². The lowest BCUT2D eigenvalue weighted by Gasteiger charge is -2.32. The fourth-order valence-electron chi connectivity index (χ4n) is 4.39. The van der Waals surface area contributed by atoms with Crippen LogP contribution in [0, 0.1) is 5.92 Å². The zero-order chi connectivity index (χ0) is 20.9. The summed E-state index contributed by atoms with van der Waals surface area (Å²) in [6, 6.07) is 0. The van der Waals surface area contributed by atoms with Gasteiger partial charge in [-0.1, -0.05) is 11.3 Å². The van der Waals surface area contributed by atoms with Crippen molar-refractivity contribution in [2.45, 2.75) is 32.1 Å². The van der Waals surface area contributed by atoms with Gasteiger partial charge in [0.1, 0.15) is 0 Å². The zero-order valence-corrected chi connectivity index (χ0v) is 18.7. The van der Waals surface area contributed by atoms with Crippen molar-refractivity contribution in [1.29, 1.82) is 0 Å². The number of hydrogen-bond donors (Lipinski definition) is 1. The molecule has 3 fully saturated rings. The van der Waals surface area contributed by atoms with Crippen LogP contribution in [0.3, 0.4) is 0 Å². The largest absolute Gasteiger partial charge is 0.356 e. The van der Waals surface area contributed by atoms with Gasteiger partial charge in [-0.05, 0) is 39.3 Å². The lowest BCUT2D eigenvalue weighted by atomic mass is 9.97. The smallest absolute Gasteiger partial charge is 0.228 e. The molecule has 1 unspecified atom stereocenters. The van der Waals surface area contributed by atoms with Gasteiger partial charge in [0.25, 0.3) is 0 Å². The molecule has 0 aliphatic carbocycles. The predicted octanol–water partition coefficient (Wildman–Crippen LogP) is 0.635. The average molecular weight is 436 g/mol. The molecule has 3 aliphatic rings. The number of anilines is 2. The minimum Gasteiger partial charge on any atom is -0.356 e. The molecule has 1 aromatic rings. The van der Waals surface area contributed by atoms with Crippen LogP contribution in [0.5, 0.6) is 0 Å². The normalized spacial score (nSPS) is 23.9. The van der Waals surface area contributed by atoms with Crippen molar-refractivity contribution in [2.24, 2.45) is 5.92 Å². The van der Waals surface area contributed by atoms with Gasteiger partial charge in [-0.15, -0.1) is 10.2 Å². The Morgan fingerprint density at radius 3 is 2.67 bits per heavy atom. The van der Waals surface area contributed by atoms with E-state index in [-0.39, 0.29) is 17.7 Å². The summed E-state index contributed by atoms with van der Waals surface area (Å²) in [5.74, 6) is 0.269. The summed E-state index contributed by atoms with van der Waals surface area (Å²) in [5, 5.41) is 13.2. The Hall–Kier alpha value is -1.78. The molecule has 1 aromatic heterocycles. The summed E-state index contributed by atoms with van der Waals surface area (Å²) in [6.07, 6.45) is 4.35. The maximum Gasteiger partial charge on any atom is 0.228 e. The van der Waals surface area contributed by atoms with E-state index >= 15 is 0 Å². The highest BCUT2D eigenvalue weighted by Crippen LogP contribution is 2.32. The van der Waals surface area contributed by atoms with Gasteiger partial charge in [-0.3, -0.25) is 14.5 Å². The predicted molar refractivity (Wildman–Crippen MR) is 118 cm³/mol. The van der Waals surface area contributed by atoms with E-state index in [1.807, 2.05) is 0 Å². The summed E-state index contributed by atoms with van der Waals surface area (Å²) in [6.45, 7) is 8.57. The zero-order valence-electron chi connectivity index (χ0n) is 17.9. The number of aromatic nitrogens is 2. The first-order valence-corrected chi connectivity index (χ1v) is 12.0. The number of rotatable bonds is 7. The maximum atomic E-state index is 12.7. The second-order valence-corrected chi connectivity index (χ2v) is 9.53. The van der Waals surface area contributed by atoms with Crippen LogP contribution in [-0.2, 0) is 9.59 Å². The maximum absolute atomic E-state index is 12.7. The van der Waals surface area contributed by atoms with Crippen LogP contribution >= 0.6 is 11.3 Å². The van der Waals surface area contributed by atoms with E-state index in [1.54, 1.807) is 4.90 Å². The minimum atomic E-state index is -0.0110. The molecular formula is C20H33N7O2S. The number of nitrogens with one attached hydrogen (secondary N) is 1. The molecule has 3 saturated heterocycles. The fourth-order valence-corrected chi connectivity index (χ4v) is 5.32. The van der Waals surface area contributed by atoms with Gasteiger partial charge in [0.15, 0.2) is 0 Å². The number of hydrogen-bond acceptors (Lipinski definition) is 8. The highest BCUT2D eigenvalue weighted by atomic mass is 32.1. The fraction of sp³-hybridized carbons (Fsp3) is 0.800. The SMILES string of the molecule is CN1CCN(CCCNC(=O)C2CCCN(c3nnc(N4CCCC4=O)s3)C2)CC1. The van der Waals surface area contributed by atoms with E-state index < -0.39 is 0 Å². The van der Waals surface area contributed by atoms with Crippen LogP contribution in [0.4, 0.5) is 10.3 Å². The molecule has 30 heavy (non-hydrogen) atoms. The molecule has 0 bridgehead atoms. The molecule has 2 amide bonds. The van der Waals surface area contributed by atoms with E-state index in [0.29, 0.717) is 18.1 Å². The van der Waals surface area contributed by atoms with E-state index in [0.717, 1.165) is 83.2 Å². The molecule has 4 heterocycles. The molecule has 0 spiro atoms. The van der Waals surface area contributed by atoms with Crippen molar-refractivity contribution in [3.05, 3.63) is 0 Å². The summed E-state index contributed by atoms with van der Waals surface area (Å²) in [5.41, 5.74) is 0. The summed E-state index contributed by atoms with van der Waals surface area (Å²) in [7, 11) is 2.17. The molecule has 1 atom stereocenters. The monoisotopic (exact) mass is 435 g/mol. The summed E-state index contributed by atoms with van der Waals surface area (Å²) < 4.78 is 0. The second kappa shape index (κ2) is 10.0. The third-order valence-electron chi connectivity index (χ3n) is 6.32. The Kier molecular flexibility index (Phi) is 7.16. The third kappa shape index (κ3) is 5.28. The highest BCUT2D eigenvalue weighted by Gasteiger charge is 2.30. The second-order valence-electron chi connectivity index (χ2n) is 8.59. The molecule has 9 nitrogen and oxygen atoms in total. The highest BCUT2D eigenvalue weighted by molar-refractivity contribution is 7.19. The molecule has 0 saturated carbocycles. The summed E-state index contributed by atoms with van der Waals surface area (Å²) >= 11 is 1.46. The van der Waals surface area contributed by atoms with Crippen LogP contribution in [0.1, 0.15) is 32.1 Å². The van der Waals surface area contributed by atoms with Crippen LogP contribution in [0.25, 0.3) is 0 Å².